The molecular weight excluding hydrogens is 278 g/mol. The van der Waals surface area contributed by atoms with E-state index in [0.717, 1.165) is 18.5 Å². The molecule has 1 aromatic rings. The first-order valence-corrected chi connectivity index (χ1v) is 7.21. The Morgan fingerprint density at radius 2 is 2.20 bits per heavy atom. The lowest BCUT2D eigenvalue weighted by atomic mass is 10.0. The van der Waals surface area contributed by atoms with Gasteiger partial charge in [-0.3, -0.25) is 0 Å². The Morgan fingerprint density at radius 3 is 2.85 bits per heavy atom. The van der Waals surface area contributed by atoms with Crippen LogP contribution in [0.25, 0.3) is 0 Å². The van der Waals surface area contributed by atoms with Crippen LogP contribution >= 0.6 is 11.6 Å². The van der Waals surface area contributed by atoms with Crippen molar-refractivity contribution in [3.05, 3.63) is 23.2 Å². The molecule has 0 unspecified atom stereocenters. The molecule has 3 N–H and O–H groups in total. The van der Waals surface area contributed by atoms with Gasteiger partial charge >= 0.3 is 6.09 Å². The summed E-state index contributed by atoms with van der Waals surface area (Å²) in [6.07, 6.45) is 1.50. The van der Waals surface area contributed by atoms with Gasteiger partial charge in [0.25, 0.3) is 0 Å². The van der Waals surface area contributed by atoms with E-state index in [1.807, 2.05) is 19.1 Å². The topological polar surface area (TPSA) is 67.6 Å². The van der Waals surface area contributed by atoms with E-state index >= 15 is 0 Å². The average molecular weight is 298 g/mol. The van der Waals surface area contributed by atoms with E-state index < -0.39 is 0 Å². The summed E-state index contributed by atoms with van der Waals surface area (Å²) >= 11 is 6.00. The molecule has 0 bridgehead atoms. The molecule has 1 amide bonds. The maximum Gasteiger partial charge on any atom is 0.409 e. The van der Waals surface area contributed by atoms with Crippen molar-refractivity contribution in [1.29, 1.82) is 0 Å². The minimum Gasteiger partial charge on any atom is -0.450 e. The van der Waals surface area contributed by atoms with Crippen LogP contribution in [-0.2, 0) is 4.74 Å². The van der Waals surface area contributed by atoms with Crippen LogP contribution in [0.5, 0.6) is 0 Å². The third-order valence-corrected chi connectivity index (χ3v) is 3.76. The average Bonchev–Trinajstić information content (AvgIpc) is 2.45. The van der Waals surface area contributed by atoms with E-state index in [2.05, 4.69) is 5.32 Å². The second-order valence-electron chi connectivity index (χ2n) is 4.81. The standard InChI is InChI=1S/C14H20ClN3O2/c1-2-20-14(19)18-8-6-10(7-9-18)17-12-5-3-4-11(15)13(12)16/h3-5,10,17H,2,6-9,16H2,1H3. The number of ether oxygens (including phenoxy) is 1. The Morgan fingerprint density at radius 1 is 1.50 bits per heavy atom. The van der Waals surface area contributed by atoms with Crippen molar-refractivity contribution < 1.29 is 9.53 Å². The maximum absolute atomic E-state index is 11.6. The number of likely N-dealkylation sites (tertiary alicyclic amines) is 1. The van der Waals surface area contributed by atoms with Gasteiger partial charge in [-0.25, -0.2) is 4.79 Å². The second-order valence-corrected chi connectivity index (χ2v) is 5.21. The number of carbonyl (C=O) groups excluding carboxylic acids is 1. The fraction of sp³-hybridized carbons (Fsp3) is 0.500. The number of nitrogens with one attached hydrogen (secondary N) is 1. The van der Waals surface area contributed by atoms with Gasteiger partial charge < -0.3 is 20.7 Å². The predicted octanol–water partition coefficient (Wildman–Crippen LogP) is 2.96. The summed E-state index contributed by atoms with van der Waals surface area (Å²) in [5, 5.41) is 3.95. The Bertz CT molecular complexity index is 473. The highest BCUT2D eigenvalue weighted by molar-refractivity contribution is 6.33. The molecule has 0 aromatic heterocycles. The molecule has 110 valence electrons. The van der Waals surface area contributed by atoms with Crippen LogP contribution in [0.3, 0.4) is 0 Å². The monoisotopic (exact) mass is 297 g/mol. The van der Waals surface area contributed by atoms with Crippen LogP contribution in [0.2, 0.25) is 5.02 Å². The molecule has 0 saturated carbocycles. The number of nitrogens with two attached hydrogens (primary N) is 1. The zero-order chi connectivity index (χ0) is 14.5. The van der Waals surface area contributed by atoms with E-state index in [-0.39, 0.29) is 6.09 Å². The number of halogens is 1. The Balaban J connectivity index is 1.88. The van der Waals surface area contributed by atoms with Crippen LogP contribution in [0.15, 0.2) is 18.2 Å². The first kappa shape index (κ1) is 14.8. The van der Waals surface area contributed by atoms with Crippen molar-refractivity contribution in [1.82, 2.24) is 4.90 Å². The number of amides is 1. The zero-order valence-electron chi connectivity index (χ0n) is 11.6. The molecule has 1 aliphatic heterocycles. The molecule has 2 rings (SSSR count). The summed E-state index contributed by atoms with van der Waals surface area (Å²) in [5.74, 6) is 0. The number of hydrogen-bond acceptors (Lipinski definition) is 4. The summed E-state index contributed by atoms with van der Waals surface area (Å²) in [6, 6.07) is 5.85. The number of hydrogen-bond donors (Lipinski definition) is 2. The van der Waals surface area contributed by atoms with Crippen molar-refractivity contribution in [2.24, 2.45) is 0 Å². The van der Waals surface area contributed by atoms with Crippen LogP contribution in [0.4, 0.5) is 16.2 Å². The van der Waals surface area contributed by atoms with E-state index in [9.17, 15) is 4.79 Å². The lowest BCUT2D eigenvalue weighted by Crippen LogP contribution is -2.42. The molecule has 0 spiro atoms. The minimum atomic E-state index is -0.229. The smallest absolute Gasteiger partial charge is 0.409 e. The van der Waals surface area contributed by atoms with Gasteiger partial charge in [-0.15, -0.1) is 0 Å². The number of para-hydroxylation sites is 1. The van der Waals surface area contributed by atoms with Crippen molar-refractivity contribution >= 4 is 29.1 Å². The van der Waals surface area contributed by atoms with E-state index in [1.54, 1.807) is 11.0 Å². The highest BCUT2D eigenvalue weighted by atomic mass is 35.5. The zero-order valence-corrected chi connectivity index (χ0v) is 12.3. The van der Waals surface area contributed by atoms with Crippen molar-refractivity contribution in [2.45, 2.75) is 25.8 Å². The van der Waals surface area contributed by atoms with Crippen molar-refractivity contribution in [2.75, 3.05) is 30.7 Å². The Hall–Kier alpha value is -1.62. The van der Waals surface area contributed by atoms with E-state index in [0.29, 0.717) is 36.4 Å². The van der Waals surface area contributed by atoms with Crippen LogP contribution in [-0.4, -0.2) is 36.7 Å². The fourth-order valence-corrected chi connectivity index (χ4v) is 2.48. The van der Waals surface area contributed by atoms with Gasteiger partial charge in [0.05, 0.1) is 23.0 Å². The fourth-order valence-electron chi connectivity index (χ4n) is 2.30. The van der Waals surface area contributed by atoms with Crippen LogP contribution in [0.1, 0.15) is 19.8 Å². The summed E-state index contributed by atoms with van der Waals surface area (Å²) in [6.45, 7) is 3.61. The largest absolute Gasteiger partial charge is 0.450 e. The van der Waals surface area contributed by atoms with Gasteiger partial charge in [0, 0.05) is 19.1 Å². The Kier molecular flexibility index (Phi) is 4.95. The summed E-state index contributed by atoms with van der Waals surface area (Å²) in [5.41, 5.74) is 7.36. The molecule has 5 nitrogen and oxygen atoms in total. The number of nitrogen functional groups attached to an aromatic ring is 1. The van der Waals surface area contributed by atoms with Gasteiger partial charge in [0.15, 0.2) is 0 Å². The lowest BCUT2D eigenvalue weighted by Gasteiger charge is -2.32. The number of benzene rings is 1. The van der Waals surface area contributed by atoms with Crippen molar-refractivity contribution in [3.8, 4) is 0 Å². The molecule has 6 heteroatoms. The molecule has 0 radical (unpaired) electrons. The summed E-state index contributed by atoms with van der Waals surface area (Å²) in [7, 11) is 0. The highest BCUT2D eigenvalue weighted by Gasteiger charge is 2.23. The molecule has 1 saturated heterocycles. The molecule has 1 aromatic carbocycles. The van der Waals surface area contributed by atoms with Gasteiger partial charge in [-0.1, -0.05) is 17.7 Å². The number of anilines is 2. The quantitative estimate of drug-likeness (QED) is 0.842. The van der Waals surface area contributed by atoms with Crippen LogP contribution in [0, 0.1) is 0 Å². The van der Waals surface area contributed by atoms with Gasteiger partial charge in [-0.2, -0.15) is 0 Å². The molecule has 20 heavy (non-hydrogen) atoms. The molecule has 1 fully saturated rings. The predicted molar refractivity (Wildman–Crippen MR) is 81.1 cm³/mol. The minimum absolute atomic E-state index is 0.229. The second kappa shape index (κ2) is 6.70. The molecule has 1 aliphatic rings. The molecule has 0 atom stereocenters. The van der Waals surface area contributed by atoms with Crippen molar-refractivity contribution in [3.63, 3.8) is 0 Å². The number of carbonyl (C=O) groups is 1. The summed E-state index contributed by atoms with van der Waals surface area (Å²) < 4.78 is 5.00. The third kappa shape index (κ3) is 3.48. The number of nitrogens with zero attached hydrogens (tertiary/aromatic N) is 1. The van der Waals surface area contributed by atoms with Gasteiger partial charge in [0.2, 0.25) is 0 Å². The molecule has 0 aliphatic carbocycles. The van der Waals surface area contributed by atoms with Gasteiger partial charge in [-0.05, 0) is 31.9 Å². The highest BCUT2D eigenvalue weighted by Crippen LogP contribution is 2.28. The first-order valence-electron chi connectivity index (χ1n) is 6.84. The SMILES string of the molecule is CCOC(=O)N1CCC(Nc2cccc(Cl)c2N)CC1. The van der Waals surface area contributed by atoms with E-state index in [4.69, 9.17) is 22.1 Å². The number of rotatable bonds is 3. The normalized spacial score (nSPS) is 16.0. The third-order valence-electron chi connectivity index (χ3n) is 3.43. The lowest BCUT2D eigenvalue weighted by molar-refractivity contribution is 0.0983. The maximum atomic E-state index is 11.6. The first-order chi connectivity index (χ1) is 9.61. The molecule has 1 heterocycles. The Labute approximate surface area is 124 Å². The van der Waals surface area contributed by atoms with E-state index in [1.165, 1.54) is 0 Å². The van der Waals surface area contributed by atoms with Crippen LogP contribution < -0.4 is 11.1 Å². The molecular formula is C14H20ClN3O2. The number of piperidine rings is 1. The summed E-state index contributed by atoms with van der Waals surface area (Å²) in [4.78, 5) is 13.3. The van der Waals surface area contributed by atoms with Gasteiger partial charge in [0.1, 0.15) is 0 Å².